The normalized spacial score (nSPS) is 17.4. The molecule has 3 heterocycles. The maximum atomic E-state index is 12.3. The van der Waals surface area contributed by atoms with E-state index >= 15 is 0 Å². The van der Waals surface area contributed by atoms with Crippen LogP contribution in [0, 0.1) is 0 Å². The highest BCUT2D eigenvalue weighted by atomic mass is 16.5. The second kappa shape index (κ2) is 8.80. The Morgan fingerprint density at radius 2 is 2.23 bits per heavy atom. The minimum absolute atomic E-state index is 0.0943. The SMILES string of the molecule is CCCOc1ccc(CN2CC[C@H](NC(=O)c3ccn(CC)n3)C2)cn1. The van der Waals surface area contributed by atoms with Crippen LogP contribution >= 0.6 is 0 Å². The van der Waals surface area contributed by atoms with Crippen LogP contribution in [0.25, 0.3) is 0 Å². The van der Waals surface area contributed by atoms with Crippen LogP contribution in [-0.4, -0.2) is 51.3 Å². The Morgan fingerprint density at radius 3 is 2.92 bits per heavy atom. The summed E-state index contributed by atoms with van der Waals surface area (Å²) in [5, 5.41) is 7.35. The smallest absolute Gasteiger partial charge is 0.272 e. The van der Waals surface area contributed by atoms with E-state index in [2.05, 4.69) is 33.3 Å². The summed E-state index contributed by atoms with van der Waals surface area (Å²) in [7, 11) is 0. The lowest BCUT2D eigenvalue weighted by atomic mass is 10.2. The van der Waals surface area contributed by atoms with Gasteiger partial charge in [-0.3, -0.25) is 14.4 Å². The first kappa shape index (κ1) is 18.4. The largest absolute Gasteiger partial charge is 0.478 e. The van der Waals surface area contributed by atoms with E-state index in [0.717, 1.165) is 44.6 Å². The minimum Gasteiger partial charge on any atom is -0.478 e. The number of amides is 1. The first-order valence-corrected chi connectivity index (χ1v) is 9.32. The molecule has 0 aliphatic carbocycles. The molecular weight excluding hydrogens is 330 g/mol. The zero-order chi connectivity index (χ0) is 18.4. The lowest BCUT2D eigenvalue weighted by molar-refractivity contribution is 0.0931. The highest BCUT2D eigenvalue weighted by Crippen LogP contribution is 2.15. The number of hydrogen-bond acceptors (Lipinski definition) is 5. The molecule has 1 aliphatic rings. The van der Waals surface area contributed by atoms with E-state index in [4.69, 9.17) is 4.74 Å². The third-order valence-corrected chi connectivity index (χ3v) is 4.46. The number of nitrogens with zero attached hydrogens (tertiary/aromatic N) is 4. The number of carbonyl (C=O) groups excluding carboxylic acids is 1. The number of carbonyl (C=O) groups is 1. The second-order valence-electron chi connectivity index (χ2n) is 6.60. The maximum absolute atomic E-state index is 12.3. The molecule has 1 N–H and O–H groups in total. The Morgan fingerprint density at radius 1 is 1.35 bits per heavy atom. The van der Waals surface area contributed by atoms with Crippen LogP contribution in [0.5, 0.6) is 5.88 Å². The number of rotatable bonds is 8. The van der Waals surface area contributed by atoms with E-state index in [1.54, 1.807) is 10.7 Å². The number of ether oxygens (including phenoxy) is 1. The number of aromatic nitrogens is 3. The Kier molecular flexibility index (Phi) is 6.22. The van der Waals surface area contributed by atoms with Crippen molar-refractivity contribution < 1.29 is 9.53 Å². The molecule has 1 saturated heterocycles. The van der Waals surface area contributed by atoms with Gasteiger partial charge in [-0.15, -0.1) is 0 Å². The van der Waals surface area contributed by atoms with Gasteiger partial charge in [-0.05, 0) is 31.4 Å². The van der Waals surface area contributed by atoms with Crippen molar-refractivity contribution in [1.29, 1.82) is 0 Å². The fraction of sp³-hybridized carbons (Fsp3) is 0.526. The summed E-state index contributed by atoms with van der Waals surface area (Å²) in [5.41, 5.74) is 1.64. The van der Waals surface area contributed by atoms with Crippen molar-refractivity contribution >= 4 is 5.91 Å². The predicted octanol–water partition coefficient (Wildman–Crippen LogP) is 2.09. The van der Waals surface area contributed by atoms with Crippen molar-refractivity contribution in [2.75, 3.05) is 19.7 Å². The molecule has 3 rings (SSSR count). The maximum Gasteiger partial charge on any atom is 0.272 e. The number of nitrogens with one attached hydrogen (secondary N) is 1. The molecule has 0 radical (unpaired) electrons. The van der Waals surface area contributed by atoms with Gasteiger partial charge < -0.3 is 10.1 Å². The molecule has 0 aromatic carbocycles. The monoisotopic (exact) mass is 357 g/mol. The molecule has 140 valence electrons. The average Bonchev–Trinajstić information content (AvgIpc) is 3.30. The molecule has 2 aromatic heterocycles. The molecule has 1 amide bonds. The van der Waals surface area contributed by atoms with Crippen LogP contribution in [0.1, 0.15) is 42.7 Å². The van der Waals surface area contributed by atoms with Crippen molar-refractivity contribution in [2.45, 2.75) is 45.8 Å². The predicted molar refractivity (Wildman–Crippen MR) is 99.1 cm³/mol. The molecule has 1 fully saturated rings. The molecule has 0 unspecified atom stereocenters. The number of pyridine rings is 1. The van der Waals surface area contributed by atoms with Crippen molar-refractivity contribution in [1.82, 2.24) is 25.0 Å². The van der Waals surface area contributed by atoms with Gasteiger partial charge in [0.25, 0.3) is 5.91 Å². The number of likely N-dealkylation sites (tertiary alicyclic amines) is 1. The summed E-state index contributed by atoms with van der Waals surface area (Å²) >= 11 is 0. The number of hydrogen-bond donors (Lipinski definition) is 1. The number of aryl methyl sites for hydroxylation is 1. The minimum atomic E-state index is -0.0943. The van der Waals surface area contributed by atoms with Gasteiger partial charge in [0, 0.05) is 50.7 Å². The first-order chi connectivity index (χ1) is 12.7. The highest BCUT2D eigenvalue weighted by molar-refractivity contribution is 5.92. The van der Waals surface area contributed by atoms with E-state index in [1.807, 2.05) is 25.4 Å². The zero-order valence-electron chi connectivity index (χ0n) is 15.5. The van der Waals surface area contributed by atoms with Gasteiger partial charge in [0.15, 0.2) is 0 Å². The molecule has 26 heavy (non-hydrogen) atoms. The van der Waals surface area contributed by atoms with Crippen LogP contribution in [-0.2, 0) is 13.1 Å². The van der Waals surface area contributed by atoms with Gasteiger partial charge in [-0.2, -0.15) is 5.10 Å². The molecule has 7 heteroatoms. The molecular formula is C19H27N5O2. The topological polar surface area (TPSA) is 72.3 Å². The summed E-state index contributed by atoms with van der Waals surface area (Å²) in [6.07, 6.45) is 5.62. The van der Waals surface area contributed by atoms with Gasteiger partial charge in [0.1, 0.15) is 5.69 Å². The average molecular weight is 357 g/mol. The highest BCUT2D eigenvalue weighted by Gasteiger charge is 2.25. The fourth-order valence-corrected chi connectivity index (χ4v) is 3.07. The quantitative estimate of drug-likeness (QED) is 0.783. The van der Waals surface area contributed by atoms with Crippen molar-refractivity contribution in [2.24, 2.45) is 0 Å². The van der Waals surface area contributed by atoms with Gasteiger partial charge in [0.2, 0.25) is 5.88 Å². The van der Waals surface area contributed by atoms with Gasteiger partial charge in [0.05, 0.1) is 6.61 Å². The lowest BCUT2D eigenvalue weighted by Gasteiger charge is -2.16. The van der Waals surface area contributed by atoms with E-state index in [1.165, 1.54) is 0 Å². The van der Waals surface area contributed by atoms with Crippen LogP contribution in [0.3, 0.4) is 0 Å². The second-order valence-corrected chi connectivity index (χ2v) is 6.60. The Labute approximate surface area is 154 Å². The zero-order valence-corrected chi connectivity index (χ0v) is 15.5. The van der Waals surface area contributed by atoms with Gasteiger partial charge >= 0.3 is 0 Å². The first-order valence-electron chi connectivity index (χ1n) is 9.32. The van der Waals surface area contributed by atoms with Crippen LogP contribution in [0.2, 0.25) is 0 Å². The molecule has 1 atom stereocenters. The van der Waals surface area contributed by atoms with Gasteiger partial charge in [-0.1, -0.05) is 13.0 Å². The summed E-state index contributed by atoms with van der Waals surface area (Å²) in [6.45, 7) is 8.17. The fourth-order valence-electron chi connectivity index (χ4n) is 3.07. The Balaban J connectivity index is 1.46. The van der Waals surface area contributed by atoms with Crippen LogP contribution < -0.4 is 10.1 Å². The van der Waals surface area contributed by atoms with Crippen molar-refractivity contribution in [3.63, 3.8) is 0 Å². The molecule has 2 aromatic rings. The lowest BCUT2D eigenvalue weighted by Crippen LogP contribution is -2.37. The summed E-state index contributed by atoms with van der Waals surface area (Å²) in [5.74, 6) is 0.580. The van der Waals surface area contributed by atoms with Crippen LogP contribution in [0.15, 0.2) is 30.6 Å². The van der Waals surface area contributed by atoms with Crippen LogP contribution in [0.4, 0.5) is 0 Å². The van der Waals surface area contributed by atoms with E-state index in [0.29, 0.717) is 18.2 Å². The molecule has 1 aliphatic heterocycles. The Hall–Kier alpha value is -2.41. The molecule has 0 spiro atoms. The van der Waals surface area contributed by atoms with E-state index < -0.39 is 0 Å². The van der Waals surface area contributed by atoms with E-state index in [9.17, 15) is 4.79 Å². The molecule has 0 saturated carbocycles. The standard InChI is InChI=1S/C19H27N5O2/c1-3-11-26-18-6-5-15(12-20-18)13-23-9-7-16(14-23)21-19(25)17-8-10-24(4-2)22-17/h5-6,8,10,12,16H,3-4,7,9,11,13-14H2,1-2H3,(H,21,25)/t16-/m0/s1. The third-order valence-electron chi connectivity index (χ3n) is 4.46. The third kappa shape index (κ3) is 4.82. The summed E-state index contributed by atoms with van der Waals surface area (Å²) in [6, 6.07) is 5.90. The summed E-state index contributed by atoms with van der Waals surface area (Å²) in [4.78, 5) is 19.0. The van der Waals surface area contributed by atoms with E-state index in [-0.39, 0.29) is 11.9 Å². The van der Waals surface area contributed by atoms with Gasteiger partial charge in [-0.25, -0.2) is 4.98 Å². The van der Waals surface area contributed by atoms with Crippen molar-refractivity contribution in [3.8, 4) is 5.88 Å². The molecule has 0 bridgehead atoms. The molecule has 7 nitrogen and oxygen atoms in total. The summed E-state index contributed by atoms with van der Waals surface area (Å²) < 4.78 is 7.27. The van der Waals surface area contributed by atoms with Crippen molar-refractivity contribution in [3.05, 3.63) is 41.9 Å². The Bertz CT molecular complexity index is 713.